The van der Waals surface area contributed by atoms with Gasteiger partial charge in [0.05, 0.1) is 0 Å². The van der Waals surface area contributed by atoms with Crippen molar-refractivity contribution in [2.75, 3.05) is 45.8 Å². The van der Waals surface area contributed by atoms with E-state index >= 15 is 0 Å². The Kier molecular flexibility index (Phi) is 7.49. The van der Waals surface area contributed by atoms with E-state index in [2.05, 4.69) is 56.7 Å². The molecule has 0 aromatic carbocycles. The highest BCUT2D eigenvalue weighted by atomic mass is 15.3. The molecule has 0 aliphatic carbocycles. The van der Waals surface area contributed by atoms with Crippen LogP contribution in [0.3, 0.4) is 0 Å². The van der Waals surface area contributed by atoms with E-state index in [-0.39, 0.29) is 0 Å². The summed E-state index contributed by atoms with van der Waals surface area (Å²) in [6.45, 7) is 22.4. The van der Waals surface area contributed by atoms with Crippen molar-refractivity contribution in [3.05, 3.63) is 0 Å². The van der Waals surface area contributed by atoms with Gasteiger partial charge in [0.1, 0.15) is 0 Å². The van der Waals surface area contributed by atoms with Gasteiger partial charge >= 0.3 is 0 Å². The SMILES string of the molecule is CCC(C)N1CCN(CC(C)(C)CNCC(C)C)CC1. The average molecular weight is 284 g/mol. The van der Waals surface area contributed by atoms with Crippen LogP contribution in [0.2, 0.25) is 0 Å². The number of nitrogens with one attached hydrogen (secondary N) is 1. The molecular formula is C17H37N3. The van der Waals surface area contributed by atoms with Crippen LogP contribution in [0.15, 0.2) is 0 Å². The van der Waals surface area contributed by atoms with E-state index in [9.17, 15) is 0 Å². The molecule has 1 N–H and O–H groups in total. The van der Waals surface area contributed by atoms with Gasteiger partial charge in [0, 0.05) is 45.3 Å². The lowest BCUT2D eigenvalue weighted by Gasteiger charge is -2.41. The van der Waals surface area contributed by atoms with E-state index in [1.165, 1.54) is 39.1 Å². The smallest absolute Gasteiger partial charge is 0.0113 e. The van der Waals surface area contributed by atoms with Crippen molar-refractivity contribution in [2.45, 2.75) is 54.0 Å². The Morgan fingerprint density at radius 3 is 2.15 bits per heavy atom. The lowest BCUT2D eigenvalue weighted by atomic mass is 9.92. The Hall–Kier alpha value is -0.120. The van der Waals surface area contributed by atoms with Crippen LogP contribution in [0, 0.1) is 11.3 Å². The fraction of sp³-hybridized carbons (Fsp3) is 1.00. The Morgan fingerprint density at radius 1 is 1.05 bits per heavy atom. The molecule has 3 nitrogen and oxygen atoms in total. The first kappa shape index (κ1) is 17.9. The zero-order valence-electron chi connectivity index (χ0n) is 14.7. The maximum absolute atomic E-state index is 3.61. The summed E-state index contributed by atoms with van der Waals surface area (Å²) in [4.78, 5) is 5.29. The van der Waals surface area contributed by atoms with Gasteiger partial charge in [-0.2, -0.15) is 0 Å². The first-order chi connectivity index (χ1) is 9.34. The van der Waals surface area contributed by atoms with Gasteiger partial charge in [-0.05, 0) is 31.2 Å². The molecule has 0 aromatic heterocycles. The maximum atomic E-state index is 3.61. The van der Waals surface area contributed by atoms with Crippen molar-refractivity contribution in [3.63, 3.8) is 0 Å². The summed E-state index contributed by atoms with van der Waals surface area (Å²) in [6.07, 6.45) is 1.27. The summed E-state index contributed by atoms with van der Waals surface area (Å²) in [6, 6.07) is 0.748. The second-order valence-corrected chi connectivity index (χ2v) is 7.76. The Bertz CT molecular complexity index is 255. The number of rotatable bonds is 8. The van der Waals surface area contributed by atoms with E-state index in [0.29, 0.717) is 5.41 Å². The summed E-state index contributed by atoms with van der Waals surface area (Å²) < 4.78 is 0. The molecule has 0 amide bonds. The molecule has 1 rings (SSSR count). The summed E-state index contributed by atoms with van der Waals surface area (Å²) in [5.41, 5.74) is 0.368. The largest absolute Gasteiger partial charge is 0.316 e. The fourth-order valence-electron chi connectivity index (χ4n) is 2.98. The van der Waals surface area contributed by atoms with Crippen LogP contribution in [0.1, 0.15) is 48.0 Å². The molecule has 0 bridgehead atoms. The fourth-order valence-corrected chi connectivity index (χ4v) is 2.98. The van der Waals surface area contributed by atoms with Gasteiger partial charge in [0.25, 0.3) is 0 Å². The highest BCUT2D eigenvalue weighted by Crippen LogP contribution is 2.18. The molecule has 3 heteroatoms. The average Bonchev–Trinajstić information content (AvgIpc) is 2.37. The number of hydrogen-bond acceptors (Lipinski definition) is 3. The van der Waals surface area contributed by atoms with Crippen LogP contribution < -0.4 is 5.32 Å². The zero-order valence-corrected chi connectivity index (χ0v) is 14.7. The van der Waals surface area contributed by atoms with E-state index in [4.69, 9.17) is 0 Å². The van der Waals surface area contributed by atoms with Crippen LogP contribution in [0.5, 0.6) is 0 Å². The Morgan fingerprint density at radius 2 is 1.65 bits per heavy atom. The van der Waals surface area contributed by atoms with E-state index in [1.807, 2.05) is 0 Å². The molecule has 20 heavy (non-hydrogen) atoms. The maximum Gasteiger partial charge on any atom is 0.0113 e. The third-order valence-corrected chi connectivity index (χ3v) is 4.43. The van der Waals surface area contributed by atoms with E-state index in [1.54, 1.807) is 0 Å². The lowest BCUT2D eigenvalue weighted by Crippen LogP contribution is -2.52. The topological polar surface area (TPSA) is 18.5 Å². The minimum Gasteiger partial charge on any atom is -0.316 e. The van der Waals surface area contributed by atoms with Gasteiger partial charge in [-0.3, -0.25) is 4.90 Å². The van der Waals surface area contributed by atoms with Gasteiger partial charge in [-0.1, -0.05) is 34.6 Å². The van der Waals surface area contributed by atoms with E-state index in [0.717, 1.165) is 25.0 Å². The van der Waals surface area contributed by atoms with Crippen LogP contribution in [-0.2, 0) is 0 Å². The summed E-state index contributed by atoms with van der Waals surface area (Å²) >= 11 is 0. The standard InChI is InChI=1S/C17H37N3/c1-7-16(4)20-10-8-19(9-11-20)14-17(5,6)13-18-12-15(2)3/h15-16,18H,7-14H2,1-6H3. The van der Waals surface area contributed by atoms with Crippen LogP contribution in [0.25, 0.3) is 0 Å². The number of hydrogen-bond donors (Lipinski definition) is 1. The number of piperazine rings is 1. The highest BCUT2D eigenvalue weighted by molar-refractivity contribution is 4.81. The zero-order chi connectivity index (χ0) is 15.2. The molecule has 1 aliphatic heterocycles. The molecule has 1 aliphatic rings. The number of nitrogens with zero attached hydrogens (tertiary/aromatic N) is 2. The normalized spacial score (nSPS) is 20.6. The Labute approximate surface area is 127 Å². The third-order valence-electron chi connectivity index (χ3n) is 4.43. The predicted octanol–water partition coefficient (Wildman–Crippen LogP) is 2.67. The first-order valence-electron chi connectivity index (χ1n) is 8.51. The van der Waals surface area contributed by atoms with Gasteiger partial charge in [-0.25, -0.2) is 0 Å². The monoisotopic (exact) mass is 283 g/mol. The molecule has 1 fully saturated rings. The molecule has 0 aromatic rings. The molecule has 1 saturated heterocycles. The first-order valence-corrected chi connectivity index (χ1v) is 8.51. The van der Waals surface area contributed by atoms with Crippen LogP contribution in [0.4, 0.5) is 0 Å². The van der Waals surface area contributed by atoms with Crippen molar-refractivity contribution in [3.8, 4) is 0 Å². The highest BCUT2D eigenvalue weighted by Gasteiger charge is 2.25. The second-order valence-electron chi connectivity index (χ2n) is 7.76. The molecule has 1 atom stereocenters. The summed E-state index contributed by atoms with van der Waals surface area (Å²) in [5.74, 6) is 0.741. The van der Waals surface area contributed by atoms with Crippen molar-refractivity contribution in [1.29, 1.82) is 0 Å². The van der Waals surface area contributed by atoms with Crippen LogP contribution >= 0.6 is 0 Å². The lowest BCUT2D eigenvalue weighted by molar-refractivity contribution is 0.0746. The van der Waals surface area contributed by atoms with Gasteiger partial charge in [0.15, 0.2) is 0 Å². The minimum absolute atomic E-state index is 0.368. The summed E-state index contributed by atoms with van der Waals surface area (Å²) in [7, 11) is 0. The van der Waals surface area contributed by atoms with Gasteiger partial charge in [0.2, 0.25) is 0 Å². The molecule has 1 unspecified atom stereocenters. The molecule has 0 spiro atoms. The van der Waals surface area contributed by atoms with Gasteiger partial charge in [-0.15, -0.1) is 0 Å². The van der Waals surface area contributed by atoms with Crippen molar-refractivity contribution in [2.24, 2.45) is 11.3 Å². The molecule has 0 radical (unpaired) electrons. The summed E-state index contributed by atoms with van der Waals surface area (Å²) in [5, 5.41) is 3.61. The van der Waals surface area contributed by atoms with Gasteiger partial charge < -0.3 is 10.2 Å². The predicted molar refractivity (Wildman–Crippen MR) is 89.3 cm³/mol. The quantitative estimate of drug-likeness (QED) is 0.739. The molecular weight excluding hydrogens is 246 g/mol. The van der Waals surface area contributed by atoms with Crippen molar-refractivity contribution < 1.29 is 0 Å². The minimum atomic E-state index is 0.368. The van der Waals surface area contributed by atoms with E-state index < -0.39 is 0 Å². The molecule has 0 saturated carbocycles. The van der Waals surface area contributed by atoms with Crippen molar-refractivity contribution in [1.82, 2.24) is 15.1 Å². The van der Waals surface area contributed by atoms with Crippen molar-refractivity contribution >= 4 is 0 Å². The second kappa shape index (κ2) is 8.35. The third kappa shape index (κ3) is 6.55. The molecule has 120 valence electrons. The molecule has 1 heterocycles. The van der Waals surface area contributed by atoms with Crippen LogP contribution in [-0.4, -0.2) is 61.7 Å². The Balaban J connectivity index is 2.27.